The molecule has 4 rings (SSSR count). The van der Waals surface area contributed by atoms with Gasteiger partial charge < -0.3 is 9.42 Å². The molecule has 0 unspecified atom stereocenters. The predicted molar refractivity (Wildman–Crippen MR) is 95.3 cm³/mol. The van der Waals surface area contributed by atoms with Crippen LogP contribution in [-0.4, -0.2) is 38.6 Å². The molecule has 1 amide bonds. The second-order valence-corrected chi connectivity index (χ2v) is 7.64. The Bertz CT molecular complexity index is 958. The van der Waals surface area contributed by atoms with Crippen LogP contribution in [0.5, 0.6) is 0 Å². The van der Waals surface area contributed by atoms with Crippen molar-refractivity contribution in [2.24, 2.45) is 5.92 Å². The molecule has 1 fully saturated rings. The summed E-state index contributed by atoms with van der Waals surface area (Å²) in [6.07, 6.45) is 1.33. The number of amides is 1. The molecular weight excluding hydrogens is 389 g/mol. The van der Waals surface area contributed by atoms with Crippen LogP contribution in [-0.2, 0) is 25.6 Å². The number of hydrogen-bond acceptors (Lipinski definition) is 5. The average Bonchev–Trinajstić information content (AvgIpc) is 3.13. The van der Waals surface area contributed by atoms with Gasteiger partial charge in [0.25, 0.3) is 11.5 Å². The first kappa shape index (κ1) is 19.7. The van der Waals surface area contributed by atoms with Crippen molar-refractivity contribution in [3.05, 3.63) is 45.5 Å². The van der Waals surface area contributed by atoms with Gasteiger partial charge >= 0.3 is 6.18 Å². The van der Waals surface area contributed by atoms with Crippen LogP contribution >= 0.6 is 0 Å². The van der Waals surface area contributed by atoms with E-state index in [1.807, 2.05) is 0 Å². The van der Waals surface area contributed by atoms with Crippen molar-refractivity contribution in [3.63, 3.8) is 0 Å². The number of fused-ring (bicyclic) bond motifs is 1. The van der Waals surface area contributed by atoms with Gasteiger partial charge in [-0.05, 0) is 44.4 Å². The first-order valence-electron chi connectivity index (χ1n) is 9.73. The number of aryl methyl sites for hydroxylation is 1. The van der Waals surface area contributed by atoms with Crippen LogP contribution in [0.4, 0.5) is 13.2 Å². The highest BCUT2D eigenvalue weighted by Crippen LogP contribution is 2.28. The van der Waals surface area contributed by atoms with Crippen molar-refractivity contribution < 1.29 is 22.5 Å². The van der Waals surface area contributed by atoms with E-state index in [0.29, 0.717) is 37.8 Å². The van der Waals surface area contributed by atoms with Crippen LogP contribution in [0.15, 0.2) is 21.7 Å². The highest BCUT2D eigenvalue weighted by molar-refractivity contribution is 5.93. The lowest BCUT2D eigenvalue weighted by molar-refractivity contribution is -0.141. The number of aromatic nitrogens is 3. The third-order valence-electron chi connectivity index (χ3n) is 5.68. The molecule has 0 N–H and O–H groups in total. The van der Waals surface area contributed by atoms with Gasteiger partial charge in [-0.1, -0.05) is 5.16 Å². The molecule has 156 valence electrons. The number of rotatable bonds is 3. The SMILES string of the molecule is O=C(c1onc2c1CCCC2)N1CCC(Cn2cnc(C(F)(F)F)cc2=O)CC1. The fourth-order valence-electron chi connectivity index (χ4n) is 4.02. The van der Waals surface area contributed by atoms with E-state index in [2.05, 4.69) is 10.1 Å². The van der Waals surface area contributed by atoms with E-state index in [-0.39, 0.29) is 18.4 Å². The van der Waals surface area contributed by atoms with E-state index in [1.54, 1.807) is 4.90 Å². The third-order valence-corrected chi connectivity index (χ3v) is 5.68. The number of nitrogens with zero attached hydrogens (tertiary/aromatic N) is 4. The minimum atomic E-state index is -4.64. The average molecular weight is 410 g/mol. The Morgan fingerprint density at radius 1 is 1.21 bits per heavy atom. The van der Waals surface area contributed by atoms with Crippen LogP contribution in [0, 0.1) is 5.92 Å². The number of carbonyl (C=O) groups excluding carboxylic acids is 1. The Morgan fingerprint density at radius 3 is 2.62 bits per heavy atom. The number of likely N-dealkylation sites (tertiary alicyclic amines) is 1. The van der Waals surface area contributed by atoms with Gasteiger partial charge in [-0.2, -0.15) is 13.2 Å². The van der Waals surface area contributed by atoms with E-state index in [0.717, 1.165) is 43.3 Å². The van der Waals surface area contributed by atoms with Crippen LogP contribution in [0.25, 0.3) is 0 Å². The molecule has 10 heteroatoms. The monoisotopic (exact) mass is 410 g/mol. The summed E-state index contributed by atoms with van der Waals surface area (Å²) in [6, 6.07) is 0.520. The first-order valence-corrected chi connectivity index (χ1v) is 9.73. The maximum atomic E-state index is 12.8. The molecule has 1 aliphatic carbocycles. The second kappa shape index (κ2) is 7.64. The molecule has 0 saturated carbocycles. The number of hydrogen-bond donors (Lipinski definition) is 0. The van der Waals surface area contributed by atoms with E-state index in [1.165, 1.54) is 4.57 Å². The van der Waals surface area contributed by atoms with Crippen molar-refractivity contribution in [1.82, 2.24) is 19.6 Å². The molecule has 2 aromatic rings. The van der Waals surface area contributed by atoms with E-state index in [9.17, 15) is 22.8 Å². The minimum Gasteiger partial charge on any atom is -0.350 e. The lowest BCUT2D eigenvalue weighted by atomic mass is 9.94. The molecule has 0 aromatic carbocycles. The Hall–Kier alpha value is -2.65. The summed E-state index contributed by atoms with van der Waals surface area (Å²) in [5.74, 6) is 0.257. The van der Waals surface area contributed by atoms with Gasteiger partial charge in [0.15, 0.2) is 5.69 Å². The summed E-state index contributed by atoms with van der Waals surface area (Å²) in [4.78, 5) is 29.8. The number of halogens is 3. The molecule has 7 nitrogen and oxygen atoms in total. The van der Waals surface area contributed by atoms with Crippen molar-refractivity contribution >= 4 is 5.91 Å². The normalized spacial score (nSPS) is 18.0. The first-order chi connectivity index (χ1) is 13.8. The van der Waals surface area contributed by atoms with Gasteiger partial charge in [-0.3, -0.25) is 14.2 Å². The van der Waals surface area contributed by atoms with Gasteiger partial charge in [-0.15, -0.1) is 0 Å². The van der Waals surface area contributed by atoms with Crippen molar-refractivity contribution in [3.8, 4) is 0 Å². The molecule has 1 aliphatic heterocycles. The second-order valence-electron chi connectivity index (χ2n) is 7.64. The van der Waals surface area contributed by atoms with Crippen molar-refractivity contribution in [1.29, 1.82) is 0 Å². The van der Waals surface area contributed by atoms with Gasteiger partial charge in [-0.25, -0.2) is 4.98 Å². The molecule has 0 atom stereocenters. The fourth-order valence-corrected chi connectivity index (χ4v) is 4.02. The molecular formula is C19H21F3N4O3. The zero-order valence-electron chi connectivity index (χ0n) is 15.7. The number of alkyl halides is 3. The largest absolute Gasteiger partial charge is 0.433 e. The highest BCUT2D eigenvalue weighted by atomic mass is 19.4. The molecule has 0 bridgehead atoms. The zero-order valence-corrected chi connectivity index (χ0v) is 15.7. The Balaban J connectivity index is 1.37. The zero-order chi connectivity index (χ0) is 20.6. The molecule has 0 spiro atoms. The van der Waals surface area contributed by atoms with Crippen LogP contribution in [0.3, 0.4) is 0 Å². The van der Waals surface area contributed by atoms with Crippen LogP contribution in [0.1, 0.15) is 53.2 Å². The lowest BCUT2D eigenvalue weighted by Crippen LogP contribution is -2.40. The highest BCUT2D eigenvalue weighted by Gasteiger charge is 2.33. The maximum absolute atomic E-state index is 12.8. The molecule has 2 aromatic heterocycles. The van der Waals surface area contributed by atoms with Crippen molar-refractivity contribution in [2.75, 3.05) is 13.1 Å². The standard InChI is InChI=1S/C19H21F3N4O3/c20-19(21,22)15-9-16(27)26(11-23-15)10-12-5-7-25(8-6-12)18(28)17-13-3-1-2-4-14(13)24-29-17/h9,11-12H,1-8,10H2. The summed E-state index contributed by atoms with van der Waals surface area (Å²) >= 11 is 0. The quantitative estimate of drug-likeness (QED) is 0.777. The van der Waals surface area contributed by atoms with E-state index in [4.69, 9.17) is 4.52 Å². The lowest BCUT2D eigenvalue weighted by Gasteiger charge is -2.31. The Morgan fingerprint density at radius 2 is 1.93 bits per heavy atom. The van der Waals surface area contributed by atoms with E-state index < -0.39 is 17.4 Å². The maximum Gasteiger partial charge on any atom is 0.433 e. The smallest absolute Gasteiger partial charge is 0.350 e. The van der Waals surface area contributed by atoms with Gasteiger partial charge in [0.05, 0.1) is 12.0 Å². The molecule has 2 aliphatic rings. The summed E-state index contributed by atoms with van der Waals surface area (Å²) in [6.45, 7) is 1.29. The topological polar surface area (TPSA) is 81.2 Å². The van der Waals surface area contributed by atoms with Gasteiger partial charge in [0.2, 0.25) is 5.76 Å². The summed E-state index contributed by atoms with van der Waals surface area (Å²) in [5.41, 5.74) is -0.108. The van der Waals surface area contributed by atoms with Crippen molar-refractivity contribution in [2.45, 2.75) is 51.2 Å². The summed E-state index contributed by atoms with van der Waals surface area (Å²) in [5, 5.41) is 4.03. The molecule has 29 heavy (non-hydrogen) atoms. The van der Waals surface area contributed by atoms with Gasteiger partial charge in [0, 0.05) is 31.3 Å². The molecule has 1 saturated heterocycles. The predicted octanol–water partition coefficient (Wildman–Crippen LogP) is 2.68. The Kier molecular flexibility index (Phi) is 5.18. The molecule has 0 radical (unpaired) electrons. The fraction of sp³-hybridized carbons (Fsp3) is 0.579. The molecule has 3 heterocycles. The van der Waals surface area contributed by atoms with Crippen LogP contribution in [0.2, 0.25) is 0 Å². The van der Waals surface area contributed by atoms with Crippen LogP contribution < -0.4 is 5.56 Å². The third kappa shape index (κ3) is 4.06. The summed E-state index contributed by atoms with van der Waals surface area (Å²) < 4.78 is 44.4. The number of carbonyl (C=O) groups is 1. The Labute approximate surface area is 164 Å². The minimum absolute atomic E-state index is 0.0823. The van der Waals surface area contributed by atoms with Gasteiger partial charge in [0.1, 0.15) is 0 Å². The number of piperidine rings is 1. The van der Waals surface area contributed by atoms with E-state index >= 15 is 0 Å². The summed E-state index contributed by atoms with van der Waals surface area (Å²) in [7, 11) is 0.